The van der Waals surface area contributed by atoms with Gasteiger partial charge in [0.1, 0.15) is 6.10 Å². The third-order valence-electron chi connectivity index (χ3n) is 1.07. The van der Waals surface area contributed by atoms with Gasteiger partial charge in [0.25, 0.3) is 0 Å². The standard InChI is InChI=1S/C5H10O5/c1-2(6)3(7)4(8)5(9)10/h2-4,6-8H,1H3,(H,9,10)/t2-,3-,4-/m0/s1. The van der Waals surface area contributed by atoms with E-state index in [-0.39, 0.29) is 0 Å². The van der Waals surface area contributed by atoms with Crippen LogP contribution in [0.2, 0.25) is 0 Å². The molecule has 0 saturated carbocycles. The van der Waals surface area contributed by atoms with Crippen molar-refractivity contribution in [2.45, 2.75) is 25.2 Å². The molecular weight excluding hydrogens is 140 g/mol. The van der Waals surface area contributed by atoms with Crippen molar-refractivity contribution in [2.75, 3.05) is 0 Å². The average Bonchev–Trinajstić information content (AvgIpc) is 1.84. The Morgan fingerprint density at radius 3 is 1.80 bits per heavy atom. The van der Waals surface area contributed by atoms with Crippen LogP contribution < -0.4 is 0 Å². The predicted molar refractivity (Wildman–Crippen MR) is 31.3 cm³/mol. The summed E-state index contributed by atoms with van der Waals surface area (Å²) >= 11 is 0. The van der Waals surface area contributed by atoms with Gasteiger partial charge in [0, 0.05) is 0 Å². The Labute approximate surface area is 57.5 Å². The van der Waals surface area contributed by atoms with Crippen LogP contribution in [-0.4, -0.2) is 44.7 Å². The highest BCUT2D eigenvalue weighted by molar-refractivity contribution is 5.72. The zero-order chi connectivity index (χ0) is 8.31. The highest BCUT2D eigenvalue weighted by atomic mass is 16.4. The van der Waals surface area contributed by atoms with E-state index in [2.05, 4.69) is 0 Å². The third-order valence-corrected chi connectivity index (χ3v) is 1.07. The van der Waals surface area contributed by atoms with E-state index in [1.54, 1.807) is 0 Å². The van der Waals surface area contributed by atoms with Crippen LogP contribution in [0.1, 0.15) is 6.92 Å². The Morgan fingerprint density at radius 1 is 1.30 bits per heavy atom. The summed E-state index contributed by atoms with van der Waals surface area (Å²) in [7, 11) is 0. The van der Waals surface area contributed by atoms with Crippen LogP contribution in [0.25, 0.3) is 0 Å². The minimum atomic E-state index is -1.92. The molecule has 0 spiro atoms. The smallest absolute Gasteiger partial charge is 0.335 e. The molecule has 0 aromatic heterocycles. The van der Waals surface area contributed by atoms with Crippen molar-refractivity contribution >= 4 is 5.97 Å². The molecule has 10 heavy (non-hydrogen) atoms. The van der Waals surface area contributed by atoms with Crippen LogP contribution in [0.4, 0.5) is 0 Å². The number of rotatable bonds is 3. The summed E-state index contributed by atoms with van der Waals surface area (Å²) in [6.45, 7) is 1.19. The lowest BCUT2D eigenvalue weighted by Gasteiger charge is -2.15. The van der Waals surface area contributed by atoms with Gasteiger partial charge in [-0.05, 0) is 6.92 Å². The van der Waals surface area contributed by atoms with Crippen LogP contribution in [0.5, 0.6) is 0 Å². The Morgan fingerprint density at radius 2 is 1.70 bits per heavy atom. The van der Waals surface area contributed by atoms with Gasteiger partial charge in [-0.15, -0.1) is 0 Å². The van der Waals surface area contributed by atoms with Gasteiger partial charge >= 0.3 is 5.97 Å². The fourth-order valence-electron chi connectivity index (χ4n) is 0.410. The lowest BCUT2D eigenvalue weighted by molar-refractivity contribution is -0.157. The molecule has 0 saturated heterocycles. The molecule has 0 aromatic carbocycles. The van der Waals surface area contributed by atoms with E-state index in [4.69, 9.17) is 20.4 Å². The Kier molecular flexibility index (Phi) is 3.27. The van der Waals surface area contributed by atoms with E-state index >= 15 is 0 Å². The molecule has 0 aliphatic heterocycles. The fourth-order valence-corrected chi connectivity index (χ4v) is 0.410. The maximum atomic E-state index is 9.92. The molecule has 0 aliphatic rings. The maximum absolute atomic E-state index is 9.92. The number of carboxylic acids is 1. The summed E-state index contributed by atoms with van der Waals surface area (Å²) < 4.78 is 0. The monoisotopic (exact) mass is 150 g/mol. The molecule has 0 radical (unpaired) electrons. The minimum absolute atomic E-state index is 1.19. The number of aliphatic hydroxyl groups excluding tert-OH is 3. The quantitative estimate of drug-likeness (QED) is 0.379. The number of hydrogen-bond acceptors (Lipinski definition) is 4. The summed E-state index contributed by atoms with van der Waals surface area (Å²) in [5.74, 6) is -1.55. The molecule has 0 unspecified atom stereocenters. The molecule has 0 aliphatic carbocycles. The van der Waals surface area contributed by atoms with E-state index in [1.165, 1.54) is 6.92 Å². The van der Waals surface area contributed by atoms with Crippen molar-refractivity contribution in [1.82, 2.24) is 0 Å². The van der Waals surface area contributed by atoms with E-state index in [0.29, 0.717) is 0 Å². The molecule has 0 fully saturated rings. The Hall–Kier alpha value is -0.650. The SMILES string of the molecule is C[C@H](O)[C@H](O)[C@H](O)C(=O)O. The molecule has 5 nitrogen and oxygen atoms in total. The van der Waals surface area contributed by atoms with Crippen molar-refractivity contribution in [1.29, 1.82) is 0 Å². The van der Waals surface area contributed by atoms with Crippen molar-refractivity contribution in [3.05, 3.63) is 0 Å². The van der Waals surface area contributed by atoms with E-state index in [9.17, 15) is 4.79 Å². The van der Waals surface area contributed by atoms with E-state index in [0.717, 1.165) is 0 Å². The van der Waals surface area contributed by atoms with Gasteiger partial charge in [-0.3, -0.25) is 0 Å². The lowest BCUT2D eigenvalue weighted by Crippen LogP contribution is -2.40. The number of aliphatic hydroxyl groups is 3. The zero-order valence-electron chi connectivity index (χ0n) is 5.43. The number of aliphatic carboxylic acids is 1. The number of carbonyl (C=O) groups is 1. The first-order chi connectivity index (χ1) is 4.46. The first-order valence-electron chi connectivity index (χ1n) is 2.74. The van der Waals surface area contributed by atoms with Gasteiger partial charge in [-0.1, -0.05) is 0 Å². The Bertz CT molecular complexity index is 121. The molecule has 0 amide bonds. The van der Waals surface area contributed by atoms with Gasteiger partial charge in [0.05, 0.1) is 6.10 Å². The van der Waals surface area contributed by atoms with E-state index in [1.807, 2.05) is 0 Å². The van der Waals surface area contributed by atoms with Crippen molar-refractivity contribution in [3.63, 3.8) is 0 Å². The lowest BCUT2D eigenvalue weighted by atomic mass is 10.1. The second-order valence-electron chi connectivity index (χ2n) is 2.01. The molecule has 0 bridgehead atoms. The summed E-state index contributed by atoms with van der Waals surface area (Å²) in [5.41, 5.74) is 0. The summed E-state index contributed by atoms with van der Waals surface area (Å²) in [4.78, 5) is 9.92. The highest BCUT2D eigenvalue weighted by Gasteiger charge is 2.26. The van der Waals surface area contributed by atoms with Crippen molar-refractivity contribution < 1.29 is 25.2 Å². The topological polar surface area (TPSA) is 98.0 Å². The third kappa shape index (κ3) is 2.30. The van der Waals surface area contributed by atoms with Crippen LogP contribution in [0, 0.1) is 0 Å². The van der Waals surface area contributed by atoms with Gasteiger partial charge < -0.3 is 20.4 Å². The van der Waals surface area contributed by atoms with Gasteiger partial charge in [-0.25, -0.2) is 4.79 Å². The minimum Gasteiger partial charge on any atom is -0.479 e. The predicted octanol–water partition coefficient (Wildman–Crippen LogP) is -1.83. The number of hydrogen-bond donors (Lipinski definition) is 4. The van der Waals surface area contributed by atoms with Gasteiger partial charge in [0.2, 0.25) is 0 Å². The molecule has 4 N–H and O–H groups in total. The summed E-state index contributed by atoms with van der Waals surface area (Å²) in [6, 6.07) is 0. The molecule has 0 heterocycles. The van der Waals surface area contributed by atoms with Crippen LogP contribution in [0.15, 0.2) is 0 Å². The van der Waals surface area contributed by atoms with Crippen LogP contribution >= 0.6 is 0 Å². The molecule has 3 atom stereocenters. The molecular formula is C5H10O5. The average molecular weight is 150 g/mol. The molecule has 0 aromatic rings. The molecule has 5 heteroatoms. The molecule has 60 valence electrons. The fraction of sp³-hybridized carbons (Fsp3) is 0.800. The van der Waals surface area contributed by atoms with Crippen LogP contribution in [-0.2, 0) is 4.79 Å². The second kappa shape index (κ2) is 3.50. The van der Waals surface area contributed by atoms with Gasteiger partial charge in [-0.2, -0.15) is 0 Å². The molecule has 0 rings (SSSR count). The zero-order valence-corrected chi connectivity index (χ0v) is 5.43. The second-order valence-corrected chi connectivity index (χ2v) is 2.01. The largest absolute Gasteiger partial charge is 0.479 e. The van der Waals surface area contributed by atoms with Gasteiger partial charge in [0.15, 0.2) is 6.10 Å². The maximum Gasteiger partial charge on any atom is 0.335 e. The van der Waals surface area contributed by atoms with Crippen LogP contribution in [0.3, 0.4) is 0 Å². The van der Waals surface area contributed by atoms with Crippen molar-refractivity contribution in [3.8, 4) is 0 Å². The first kappa shape index (κ1) is 9.35. The van der Waals surface area contributed by atoms with E-state index < -0.39 is 24.3 Å². The highest BCUT2D eigenvalue weighted by Crippen LogP contribution is 1.98. The normalized spacial score (nSPS) is 19.6. The summed E-state index contributed by atoms with van der Waals surface area (Å²) in [5, 5.41) is 33.9. The summed E-state index contributed by atoms with van der Waals surface area (Å²) in [6.07, 6.45) is -4.79. The first-order valence-corrected chi connectivity index (χ1v) is 2.74. The number of carboxylic acid groups (broad SMARTS) is 1. The Balaban J connectivity index is 3.94. The van der Waals surface area contributed by atoms with Crippen molar-refractivity contribution in [2.24, 2.45) is 0 Å².